The van der Waals surface area contributed by atoms with Crippen molar-refractivity contribution in [1.29, 1.82) is 0 Å². The number of nitrogens with one attached hydrogen (secondary N) is 1. The molecule has 0 bridgehead atoms. The fraction of sp³-hybridized carbons (Fsp3) is 0.316. The van der Waals surface area contributed by atoms with Crippen molar-refractivity contribution in [3.8, 4) is 5.75 Å². The van der Waals surface area contributed by atoms with Crippen molar-refractivity contribution in [1.82, 2.24) is 5.32 Å². The number of esters is 1. The molecule has 0 aliphatic rings. The lowest BCUT2D eigenvalue weighted by Gasteiger charge is -2.11. The molecule has 8 heteroatoms. The summed E-state index contributed by atoms with van der Waals surface area (Å²) < 4.78 is 20.5. The highest BCUT2D eigenvalue weighted by Gasteiger charge is 2.25. The number of amides is 1. The molecule has 0 aliphatic heterocycles. The van der Waals surface area contributed by atoms with Gasteiger partial charge < -0.3 is 23.9 Å². The van der Waals surface area contributed by atoms with E-state index in [-0.39, 0.29) is 43.4 Å². The van der Waals surface area contributed by atoms with Crippen LogP contribution in [0.25, 0.3) is 0 Å². The molecule has 0 saturated carbocycles. The van der Waals surface area contributed by atoms with E-state index >= 15 is 0 Å². The zero-order valence-electron chi connectivity index (χ0n) is 15.2. The van der Waals surface area contributed by atoms with Crippen LogP contribution in [0, 0.1) is 0 Å². The molecule has 1 aromatic heterocycles. The number of carbonyl (C=O) groups is 2. The Morgan fingerprint density at radius 1 is 1.19 bits per heavy atom. The van der Waals surface area contributed by atoms with Gasteiger partial charge in [0.15, 0.2) is 0 Å². The summed E-state index contributed by atoms with van der Waals surface area (Å²) in [5.41, 5.74) is -0.329. The molecule has 0 aliphatic carbocycles. The van der Waals surface area contributed by atoms with E-state index in [9.17, 15) is 14.4 Å². The summed E-state index contributed by atoms with van der Waals surface area (Å²) in [6.07, 6.45) is 0.904. The molecular formula is C19H21NO7. The Hall–Kier alpha value is -3.13. The van der Waals surface area contributed by atoms with Gasteiger partial charge in [-0.05, 0) is 12.5 Å². The number of ether oxygens (including phenoxy) is 3. The maximum Gasteiger partial charge on any atom is 0.345 e. The van der Waals surface area contributed by atoms with Crippen molar-refractivity contribution >= 4 is 11.9 Å². The van der Waals surface area contributed by atoms with Crippen molar-refractivity contribution < 1.29 is 28.2 Å². The molecule has 0 fully saturated rings. The van der Waals surface area contributed by atoms with Crippen LogP contribution in [0.5, 0.6) is 5.75 Å². The van der Waals surface area contributed by atoms with Gasteiger partial charge in [0.1, 0.15) is 18.4 Å². The first-order chi connectivity index (χ1) is 13.1. The maximum atomic E-state index is 12.7. The minimum Gasteiger partial charge on any atom is -0.481 e. The average molecular weight is 375 g/mol. The zero-order chi connectivity index (χ0) is 19.6. The molecule has 0 radical (unpaired) electrons. The van der Waals surface area contributed by atoms with E-state index in [0.717, 1.165) is 11.8 Å². The molecule has 1 heterocycles. The van der Waals surface area contributed by atoms with Gasteiger partial charge >= 0.3 is 5.97 Å². The van der Waals surface area contributed by atoms with Crippen LogP contribution >= 0.6 is 0 Å². The van der Waals surface area contributed by atoms with Gasteiger partial charge in [0.2, 0.25) is 16.9 Å². The molecular weight excluding hydrogens is 354 g/mol. The Kier molecular flexibility index (Phi) is 7.57. The highest BCUT2D eigenvalue weighted by Crippen LogP contribution is 2.17. The Morgan fingerprint density at radius 2 is 1.93 bits per heavy atom. The van der Waals surface area contributed by atoms with E-state index in [1.807, 2.05) is 18.2 Å². The van der Waals surface area contributed by atoms with E-state index < -0.39 is 17.3 Å². The van der Waals surface area contributed by atoms with Gasteiger partial charge in [-0.15, -0.1) is 0 Å². The standard InChI is InChI=1S/C19H21NO7/c1-3-25-19(23)14-12-27-17(18(22)20-9-10-24-2)16(15(14)21)26-11-13-7-5-4-6-8-13/h4-8,12H,3,9-11H2,1-2H3,(H,20,22). The lowest BCUT2D eigenvalue weighted by Crippen LogP contribution is -2.30. The molecule has 2 aromatic rings. The predicted octanol–water partition coefficient (Wildman–Crippen LogP) is 1.77. The van der Waals surface area contributed by atoms with Gasteiger partial charge in [0.25, 0.3) is 5.91 Å². The van der Waals surface area contributed by atoms with Gasteiger partial charge in [-0.1, -0.05) is 30.3 Å². The summed E-state index contributed by atoms with van der Waals surface area (Å²) in [4.78, 5) is 36.9. The second-order valence-electron chi connectivity index (χ2n) is 5.38. The van der Waals surface area contributed by atoms with Crippen LogP contribution in [-0.2, 0) is 16.1 Å². The fourth-order valence-electron chi connectivity index (χ4n) is 2.16. The molecule has 144 valence electrons. The Balaban J connectivity index is 2.33. The normalized spacial score (nSPS) is 10.3. The number of carbonyl (C=O) groups excluding carboxylic acids is 2. The second-order valence-corrected chi connectivity index (χ2v) is 5.38. The molecule has 1 aromatic carbocycles. The van der Waals surface area contributed by atoms with Gasteiger partial charge in [-0.25, -0.2) is 4.79 Å². The third-order valence-corrected chi connectivity index (χ3v) is 3.47. The third kappa shape index (κ3) is 5.42. The first kappa shape index (κ1) is 20.2. The maximum absolute atomic E-state index is 12.7. The Labute approximate surface area is 156 Å². The van der Waals surface area contributed by atoms with Crippen molar-refractivity contribution in [2.45, 2.75) is 13.5 Å². The molecule has 8 nitrogen and oxygen atoms in total. The minimum absolute atomic E-state index is 0.0240. The van der Waals surface area contributed by atoms with Crippen molar-refractivity contribution in [3.63, 3.8) is 0 Å². The van der Waals surface area contributed by atoms with Crippen molar-refractivity contribution in [2.24, 2.45) is 0 Å². The first-order valence-electron chi connectivity index (χ1n) is 8.35. The second kappa shape index (κ2) is 10.1. The van der Waals surface area contributed by atoms with E-state index in [1.54, 1.807) is 19.1 Å². The van der Waals surface area contributed by atoms with Crippen LogP contribution in [0.15, 0.2) is 45.8 Å². The van der Waals surface area contributed by atoms with Crippen molar-refractivity contribution in [2.75, 3.05) is 26.9 Å². The topological polar surface area (TPSA) is 104 Å². The molecule has 1 amide bonds. The molecule has 2 rings (SSSR count). The van der Waals surface area contributed by atoms with Gasteiger partial charge in [0, 0.05) is 13.7 Å². The zero-order valence-corrected chi connectivity index (χ0v) is 15.2. The largest absolute Gasteiger partial charge is 0.481 e. The monoisotopic (exact) mass is 375 g/mol. The molecule has 0 unspecified atom stereocenters. The fourth-order valence-corrected chi connectivity index (χ4v) is 2.16. The first-order valence-corrected chi connectivity index (χ1v) is 8.35. The number of hydrogen-bond donors (Lipinski definition) is 1. The van der Waals surface area contributed by atoms with Crippen LogP contribution in [0.4, 0.5) is 0 Å². The van der Waals surface area contributed by atoms with E-state index in [2.05, 4.69) is 5.32 Å². The van der Waals surface area contributed by atoms with E-state index in [4.69, 9.17) is 18.6 Å². The molecule has 0 spiro atoms. The van der Waals surface area contributed by atoms with Crippen LogP contribution in [-0.4, -0.2) is 38.7 Å². The Morgan fingerprint density at radius 3 is 2.59 bits per heavy atom. The summed E-state index contributed by atoms with van der Waals surface area (Å²) in [7, 11) is 1.49. The predicted molar refractivity (Wildman–Crippen MR) is 95.9 cm³/mol. The highest BCUT2D eigenvalue weighted by atomic mass is 16.5. The summed E-state index contributed by atoms with van der Waals surface area (Å²) >= 11 is 0. The molecule has 0 saturated heterocycles. The van der Waals surface area contributed by atoms with Crippen LogP contribution in [0.3, 0.4) is 0 Å². The van der Waals surface area contributed by atoms with Crippen LogP contribution in [0.2, 0.25) is 0 Å². The number of hydrogen-bond acceptors (Lipinski definition) is 7. The number of rotatable bonds is 9. The molecule has 27 heavy (non-hydrogen) atoms. The van der Waals surface area contributed by atoms with Gasteiger partial charge in [-0.3, -0.25) is 9.59 Å². The lowest BCUT2D eigenvalue weighted by atomic mass is 10.2. The molecule has 1 N–H and O–H groups in total. The minimum atomic E-state index is -0.845. The smallest absolute Gasteiger partial charge is 0.345 e. The summed E-state index contributed by atoms with van der Waals surface area (Å²) in [5.74, 6) is -2.16. The third-order valence-electron chi connectivity index (χ3n) is 3.47. The highest BCUT2D eigenvalue weighted by molar-refractivity contribution is 5.95. The van der Waals surface area contributed by atoms with E-state index in [1.165, 1.54) is 7.11 Å². The SMILES string of the molecule is CCOC(=O)c1coc(C(=O)NCCOC)c(OCc2ccccc2)c1=O. The Bertz CT molecular complexity index is 830. The quantitative estimate of drug-likeness (QED) is 0.526. The van der Waals surface area contributed by atoms with Gasteiger partial charge in [-0.2, -0.15) is 0 Å². The molecule has 0 atom stereocenters. The van der Waals surface area contributed by atoms with E-state index in [0.29, 0.717) is 0 Å². The van der Waals surface area contributed by atoms with Crippen LogP contribution < -0.4 is 15.5 Å². The average Bonchev–Trinajstić information content (AvgIpc) is 2.67. The number of benzene rings is 1. The van der Waals surface area contributed by atoms with Gasteiger partial charge in [0.05, 0.1) is 13.2 Å². The summed E-state index contributed by atoms with van der Waals surface area (Å²) in [6, 6.07) is 9.07. The summed E-state index contributed by atoms with van der Waals surface area (Å²) in [5, 5.41) is 2.55. The summed E-state index contributed by atoms with van der Waals surface area (Å²) in [6.45, 7) is 2.24. The van der Waals surface area contributed by atoms with Crippen LogP contribution in [0.1, 0.15) is 33.4 Å². The lowest BCUT2D eigenvalue weighted by molar-refractivity contribution is 0.0519. The van der Waals surface area contributed by atoms with Crippen molar-refractivity contribution in [3.05, 3.63) is 63.7 Å². The number of methoxy groups -OCH3 is 1.